The fraction of sp³-hybridized carbons (Fsp3) is 0.438. The Balaban J connectivity index is 0.000000312. The third-order valence-electron chi connectivity index (χ3n) is 12.0. The number of halogens is 4. The summed E-state index contributed by atoms with van der Waals surface area (Å²) in [6.07, 6.45) is 7.20. The van der Waals surface area contributed by atoms with Crippen LogP contribution in [0.1, 0.15) is 114 Å². The molecular weight excluding hydrogens is 1060 g/mol. The van der Waals surface area contributed by atoms with Crippen molar-refractivity contribution in [2.24, 2.45) is 0 Å². The molecule has 0 spiro atoms. The molecule has 2 saturated heterocycles. The molecule has 0 bridgehead atoms. The number of likely N-dealkylation sites (tertiary alicyclic amines) is 2. The smallest absolute Gasteiger partial charge is 1.00 e. The molecule has 3 radical (unpaired) electrons. The van der Waals surface area contributed by atoms with Crippen molar-refractivity contribution < 1.29 is 85.6 Å². The molecule has 18 nitrogen and oxygen atoms in total. The van der Waals surface area contributed by atoms with E-state index in [-0.39, 0.29) is 116 Å². The van der Waals surface area contributed by atoms with Crippen molar-refractivity contribution in [1.29, 1.82) is 0 Å². The summed E-state index contributed by atoms with van der Waals surface area (Å²) in [5, 5.41) is 11.0. The van der Waals surface area contributed by atoms with Gasteiger partial charge in [0.1, 0.15) is 46.9 Å². The van der Waals surface area contributed by atoms with Gasteiger partial charge in [-0.15, -0.1) is 0 Å². The second kappa shape index (κ2) is 23.2. The van der Waals surface area contributed by atoms with Crippen LogP contribution in [-0.2, 0) is 29.1 Å². The van der Waals surface area contributed by atoms with Crippen molar-refractivity contribution in [3.05, 3.63) is 106 Å². The van der Waals surface area contributed by atoms with Gasteiger partial charge in [0.15, 0.2) is 31.3 Å². The first-order valence-electron chi connectivity index (χ1n) is 22.7. The number of aromatic nitrogens is 6. The maximum absolute atomic E-state index is 15.2. The first-order valence-corrected chi connectivity index (χ1v) is 27.3. The third kappa shape index (κ3) is 13.6. The molecule has 2 aliphatic rings. The van der Waals surface area contributed by atoms with Crippen molar-refractivity contribution >= 4 is 91.3 Å². The minimum atomic E-state index is -3.52. The van der Waals surface area contributed by atoms with Gasteiger partial charge in [-0.2, -0.15) is 0 Å². The molecule has 0 aliphatic carbocycles. The second-order valence-electron chi connectivity index (χ2n) is 19.6. The molecule has 74 heavy (non-hydrogen) atoms. The Hall–Kier alpha value is -4.75. The number of rotatable bonds is 8. The number of nitrogens with zero attached hydrogens (tertiary/aromatic N) is 8. The number of carbonyl (C=O) groups is 3. The molecule has 2 aliphatic heterocycles. The number of ketones is 1. The van der Waals surface area contributed by atoms with Gasteiger partial charge in [0.2, 0.25) is 5.78 Å². The van der Waals surface area contributed by atoms with Crippen molar-refractivity contribution in [1.82, 2.24) is 38.9 Å². The number of aliphatic hydroxyl groups excluding tert-OH is 1. The topological polar surface area (TPSA) is 226 Å². The van der Waals surface area contributed by atoms with Crippen LogP contribution in [-0.4, -0.2) is 137 Å². The molecule has 2 fully saturated rings. The average Bonchev–Trinajstić information content (AvgIpc) is 3.83. The zero-order valence-electron chi connectivity index (χ0n) is 43.3. The number of amides is 2. The molecule has 1 unspecified atom stereocenters. The minimum absolute atomic E-state index is 0. The maximum Gasteiger partial charge on any atom is 1.00 e. The van der Waals surface area contributed by atoms with Gasteiger partial charge in [0.25, 0.3) is 0 Å². The van der Waals surface area contributed by atoms with Crippen LogP contribution >= 0.6 is 23.2 Å². The Morgan fingerprint density at radius 2 is 1.11 bits per heavy atom. The van der Waals surface area contributed by atoms with Crippen molar-refractivity contribution in [3.8, 4) is 0 Å². The van der Waals surface area contributed by atoms with Crippen LogP contribution in [0.15, 0.2) is 71.2 Å². The Morgan fingerprint density at radius 1 is 0.689 bits per heavy atom. The molecule has 6 heterocycles. The second-order valence-corrected chi connectivity index (χ2v) is 24.5. The van der Waals surface area contributed by atoms with Crippen molar-refractivity contribution in [3.63, 3.8) is 0 Å². The predicted molar refractivity (Wildman–Crippen MR) is 271 cm³/mol. The largest absolute Gasteiger partial charge is 1.00 e. The van der Waals surface area contributed by atoms with E-state index in [1.54, 1.807) is 39.7 Å². The summed E-state index contributed by atoms with van der Waals surface area (Å²) < 4.78 is 91.8. The molecule has 0 saturated carbocycles. The number of aliphatic hydroxyl groups is 1. The number of hydrogen-bond acceptors (Lipinski definition) is 14. The van der Waals surface area contributed by atoms with Crippen LogP contribution in [0.5, 0.6) is 0 Å². The van der Waals surface area contributed by atoms with Crippen LogP contribution in [0, 0.1) is 11.6 Å². The van der Waals surface area contributed by atoms with E-state index in [9.17, 15) is 36.3 Å². The number of sulfone groups is 2. The molecule has 4 aromatic heterocycles. The first-order chi connectivity index (χ1) is 33.5. The van der Waals surface area contributed by atoms with Gasteiger partial charge in [-0.05, 0) is 97.6 Å². The Labute approximate surface area is 463 Å². The fourth-order valence-electron chi connectivity index (χ4n) is 8.49. The van der Waals surface area contributed by atoms with E-state index in [1.807, 2.05) is 20.8 Å². The van der Waals surface area contributed by atoms with Gasteiger partial charge in [-0.1, -0.05) is 29.3 Å². The quantitative estimate of drug-likeness (QED) is 0.148. The normalized spacial score (nSPS) is 15.4. The number of fused-ring (bicyclic) bond motifs is 2. The molecule has 26 heteroatoms. The van der Waals surface area contributed by atoms with Crippen LogP contribution in [0.25, 0.3) is 22.1 Å². The van der Waals surface area contributed by atoms with E-state index >= 15 is 8.78 Å². The van der Waals surface area contributed by atoms with Gasteiger partial charge in [0, 0.05) is 87.7 Å². The van der Waals surface area contributed by atoms with Crippen LogP contribution < -0.4 is 29.6 Å². The molecule has 391 valence electrons. The summed E-state index contributed by atoms with van der Waals surface area (Å²) in [4.78, 5) is 57.9. The van der Waals surface area contributed by atoms with Crippen LogP contribution in [0.4, 0.5) is 18.4 Å². The van der Waals surface area contributed by atoms with Gasteiger partial charge in [0.05, 0.1) is 31.3 Å². The molecule has 1 atom stereocenters. The standard InChI is InChI=1S/C24H28ClFN4O5S.C24H26ClFN4O5S.B.Na.H/c2*1-24(2,3)35-23(32)29-9-7-14(8-10-29)30-12-18(26)19-20(27-13-28-22(19)30)21(31)16-6-5-15(11-17(16)25)36(4,33)34;;;/h5-6,11-14,21,31H,7-10H2,1-4H3;5-6,11-14H,7-10H2,1-4H3;;;/q;;;+1;-1. The molecule has 6 aromatic rings. The molecule has 2 amide bonds. The number of hydrogen-bond donors (Lipinski definition) is 1. The monoisotopic (exact) mass is 1110 g/mol. The SMILES string of the molecule is CC(C)(C)OC(=O)N1CCC(n2cc(F)c3c(C(=O)c4ccc(S(C)(=O)=O)cc4Cl)ncnc32)CC1.CC(C)(C)OC(=O)N1CCC(n2cc(F)c3c(C(O)c4ccc(S(C)(=O)=O)cc4Cl)ncnc32)CC1.[B].[H-].[Na+]. The van der Waals surface area contributed by atoms with E-state index in [2.05, 4.69) is 19.9 Å². The Bertz CT molecular complexity index is 3330. The van der Waals surface area contributed by atoms with Gasteiger partial charge >= 0.3 is 41.7 Å². The van der Waals surface area contributed by atoms with Crippen molar-refractivity contribution in [2.45, 2.75) is 106 Å². The molecule has 1 N–H and O–H groups in total. The summed E-state index contributed by atoms with van der Waals surface area (Å²) in [5.41, 5.74) is -0.560. The van der Waals surface area contributed by atoms with Gasteiger partial charge < -0.3 is 34.9 Å². The third-order valence-corrected chi connectivity index (χ3v) is 14.8. The zero-order valence-corrected chi connectivity index (χ0v) is 47.4. The zero-order chi connectivity index (χ0) is 52.8. The summed E-state index contributed by atoms with van der Waals surface area (Å²) >= 11 is 12.5. The number of ether oxygens (including phenoxy) is 2. The molecular formula is C48H55BCl2F2N8NaO10S2. The molecule has 8 rings (SSSR count). The Morgan fingerprint density at radius 3 is 1.54 bits per heavy atom. The van der Waals surface area contributed by atoms with Crippen molar-refractivity contribution in [2.75, 3.05) is 38.7 Å². The number of piperidine rings is 2. The van der Waals surface area contributed by atoms with E-state index in [4.69, 9.17) is 32.7 Å². The van der Waals surface area contributed by atoms with Gasteiger partial charge in [-0.3, -0.25) is 4.79 Å². The van der Waals surface area contributed by atoms with E-state index in [1.165, 1.54) is 61.4 Å². The summed E-state index contributed by atoms with van der Waals surface area (Å²) in [6, 6.07) is 7.44. The molecule has 2 aromatic carbocycles. The van der Waals surface area contributed by atoms with E-state index in [0.29, 0.717) is 57.5 Å². The summed E-state index contributed by atoms with van der Waals surface area (Å²) in [6.45, 7) is 12.6. The van der Waals surface area contributed by atoms with E-state index < -0.39 is 60.5 Å². The summed E-state index contributed by atoms with van der Waals surface area (Å²) in [5.74, 6) is -1.91. The van der Waals surface area contributed by atoms with Crippen LogP contribution in [0.2, 0.25) is 10.0 Å². The van der Waals surface area contributed by atoms with E-state index in [0.717, 1.165) is 12.5 Å². The number of benzene rings is 2. The first kappa shape index (κ1) is 60.1. The maximum atomic E-state index is 15.2. The number of carbonyl (C=O) groups excluding carboxylic acids is 3. The van der Waals surface area contributed by atoms with Crippen LogP contribution in [0.3, 0.4) is 0 Å². The predicted octanol–water partition coefficient (Wildman–Crippen LogP) is 5.45. The minimum Gasteiger partial charge on any atom is -1.00 e. The summed E-state index contributed by atoms with van der Waals surface area (Å²) in [7, 11) is -7.01. The fourth-order valence-corrected chi connectivity index (χ4v) is 10.5. The Kier molecular flexibility index (Phi) is 18.9. The average molecular weight is 1110 g/mol. The van der Waals surface area contributed by atoms with Gasteiger partial charge in [-0.25, -0.2) is 55.1 Å².